The minimum atomic E-state index is -3.33. The molecule has 3 atom stereocenters. The van der Waals surface area contributed by atoms with Crippen molar-refractivity contribution < 1.29 is 78.7 Å². The third kappa shape index (κ3) is 59.0. The molecule has 1 radical (unpaired) electrons. The van der Waals surface area contributed by atoms with Crippen LogP contribution in [-0.2, 0) is 64.0 Å². The van der Waals surface area contributed by atoms with Crippen LogP contribution in [0, 0.1) is 0 Å². The molecule has 0 saturated carbocycles. The van der Waals surface area contributed by atoms with Crippen molar-refractivity contribution >= 4 is 40.0 Å². The Morgan fingerprint density at radius 3 is 0.788 bits per heavy atom. The summed E-state index contributed by atoms with van der Waals surface area (Å²) < 4.78 is 47.3. The Hall–Kier alpha value is -0.306. The topological polar surface area (TPSA) is 199 Å². The molecule has 0 N–H and O–H groups in total. The second-order valence-electron chi connectivity index (χ2n) is 13.4. The first-order valence-corrected chi connectivity index (χ1v) is 25.9. The van der Waals surface area contributed by atoms with Gasteiger partial charge < -0.3 is 42.6 Å². The summed E-state index contributed by atoms with van der Waals surface area (Å²) in [4.78, 5) is 65.9. The van der Waals surface area contributed by atoms with E-state index in [2.05, 4.69) is 20.8 Å². The monoisotopic (exact) mass is 837 g/mol. The molecule has 0 bridgehead atoms. The van der Waals surface area contributed by atoms with Crippen molar-refractivity contribution in [2.45, 2.75) is 156 Å². The third-order valence-corrected chi connectivity index (χ3v) is 10.6. The quantitative estimate of drug-likeness (QED) is 0.0225. The second kappa shape index (κ2) is 38.9. The van der Waals surface area contributed by atoms with E-state index in [-0.39, 0.29) is 59.5 Å². The van der Waals surface area contributed by atoms with Crippen LogP contribution in [-0.4, -0.2) is 76.2 Å². The van der Waals surface area contributed by atoms with E-state index < -0.39 is 40.0 Å². The molecule has 0 aliphatic heterocycles. The molecular weight excluding hydrogens is 765 g/mol. The molecule has 0 aliphatic carbocycles. The smallest absolute Gasteiger partial charge is 0.799 e. The van der Waals surface area contributed by atoms with Gasteiger partial charge in [0, 0.05) is 22.1 Å². The van der Waals surface area contributed by atoms with Crippen molar-refractivity contribution in [1.29, 1.82) is 0 Å². The Bertz CT molecular complexity index is 871. The Labute approximate surface area is 331 Å². The van der Waals surface area contributed by atoms with Gasteiger partial charge in [-0.15, -0.1) is 0 Å². The van der Waals surface area contributed by atoms with Crippen molar-refractivity contribution in [3.05, 3.63) is 0 Å². The van der Waals surface area contributed by atoms with Gasteiger partial charge in [-0.2, -0.15) is 0 Å². The van der Waals surface area contributed by atoms with Gasteiger partial charge in [-0.25, -0.2) is 0 Å². The van der Waals surface area contributed by atoms with E-state index in [9.17, 15) is 42.8 Å². The van der Waals surface area contributed by atoms with Gasteiger partial charge in [0.15, 0.2) is 0 Å². The van der Waals surface area contributed by atoms with E-state index in [4.69, 9.17) is 14.2 Å². The average molecular weight is 838 g/mol. The van der Waals surface area contributed by atoms with Crippen molar-refractivity contribution in [3.63, 3.8) is 0 Å². The minimum Gasteiger partial charge on any atom is -0.799 e. The third-order valence-electron chi connectivity index (χ3n) is 7.45. The van der Waals surface area contributed by atoms with Gasteiger partial charge in [-0.05, 0) is 57.7 Å². The van der Waals surface area contributed by atoms with Gasteiger partial charge in [-0.3, -0.25) is 14.4 Å². The van der Waals surface area contributed by atoms with Crippen LogP contribution in [0.15, 0.2) is 0 Å². The summed E-state index contributed by atoms with van der Waals surface area (Å²) >= 11 is 0. The predicted molar refractivity (Wildman–Crippen MR) is 202 cm³/mol. The van der Waals surface area contributed by atoms with Crippen LogP contribution < -0.4 is 14.7 Å². The van der Waals surface area contributed by atoms with Crippen LogP contribution in [0.3, 0.4) is 0 Å². The van der Waals surface area contributed by atoms with Crippen LogP contribution in [0.1, 0.15) is 156 Å². The fourth-order valence-corrected chi connectivity index (χ4v) is 6.07. The Morgan fingerprint density at radius 1 is 0.404 bits per heavy atom. The number of ether oxygens (including phenoxy) is 3. The molecular formula is C36H72O12P3Ti. The van der Waals surface area contributed by atoms with Crippen molar-refractivity contribution in [3.8, 4) is 0 Å². The zero-order valence-electron chi connectivity index (χ0n) is 33.3. The maximum atomic E-state index is 11.1. The normalized spacial score (nSPS) is 14.0. The zero-order valence-corrected chi connectivity index (χ0v) is 37.6. The SMILES string of the molecule is CCCCCCCCOC(=O)CCP(C)(=O)[O-].CCCCCCCCOC(=O)CCP(C)(=O)[O-].CCCCCCCCOC(=O)CCP(C)(=O)[O-].[Ti+3]. The maximum Gasteiger partial charge on any atom is 3.00 e. The number of rotatable bonds is 30. The van der Waals surface area contributed by atoms with E-state index in [0.29, 0.717) is 19.8 Å². The maximum absolute atomic E-state index is 11.1. The minimum absolute atomic E-state index is 0. The second-order valence-corrected chi connectivity index (χ2v) is 20.9. The molecule has 0 aromatic carbocycles. The summed E-state index contributed by atoms with van der Waals surface area (Å²) in [6.07, 6.45) is 20.2. The largest absolute Gasteiger partial charge is 3.00 e. The molecule has 16 heteroatoms. The molecule has 0 heterocycles. The van der Waals surface area contributed by atoms with Crippen LogP contribution >= 0.6 is 22.1 Å². The van der Waals surface area contributed by atoms with Gasteiger partial charge >= 0.3 is 39.6 Å². The molecule has 0 saturated heterocycles. The molecule has 0 fully saturated rings. The number of hydrogen-bond donors (Lipinski definition) is 0. The molecule has 3 unspecified atom stereocenters. The number of carbonyl (C=O) groups excluding carboxylic acids is 3. The van der Waals surface area contributed by atoms with Crippen molar-refractivity contribution in [1.82, 2.24) is 0 Å². The van der Waals surface area contributed by atoms with Gasteiger partial charge in [0.1, 0.15) is 0 Å². The van der Waals surface area contributed by atoms with Gasteiger partial charge in [0.05, 0.1) is 39.1 Å². The number of carbonyl (C=O) groups is 3. The summed E-state index contributed by atoms with van der Waals surface area (Å²) in [6.45, 7) is 11.2. The number of unbranched alkanes of at least 4 members (excludes halogenated alkanes) is 15. The van der Waals surface area contributed by atoms with Gasteiger partial charge in [0.2, 0.25) is 0 Å². The van der Waals surface area contributed by atoms with Crippen LogP contribution in [0.2, 0.25) is 0 Å². The Balaban J connectivity index is -0.000000329. The number of hydrogen-bond acceptors (Lipinski definition) is 12. The summed E-state index contributed by atoms with van der Waals surface area (Å²) in [5.74, 6) is -1.22. The molecule has 12 nitrogen and oxygen atoms in total. The molecule has 0 amide bonds. The first-order valence-electron chi connectivity index (χ1n) is 19.2. The van der Waals surface area contributed by atoms with Crippen LogP contribution in [0.5, 0.6) is 0 Å². The van der Waals surface area contributed by atoms with Gasteiger partial charge in [0.25, 0.3) is 0 Å². The zero-order chi connectivity index (χ0) is 39.4. The molecule has 52 heavy (non-hydrogen) atoms. The molecule has 307 valence electrons. The summed E-state index contributed by atoms with van der Waals surface area (Å²) in [5.41, 5.74) is 0. The average Bonchev–Trinajstić information content (AvgIpc) is 3.04. The van der Waals surface area contributed by atoms with E-state index in [1.807, 2.05) is 0 Å². The van der Waals surface area contributed by atoms with Crippen LogP contribution in [0.25, 0.3) is 0 Å². The fraction of sp³-hybridized carbons (Fsp3) is 0.917. The van der Waals surface area contributed by atoms with Crippen molar-refractivity contribution in [2.75, 3.05) is 58.3 Å². The first-order chi connectivity index (χ1) is 23.9. The molecule has 0 aliphatic rings. The summed E-state index contributed by atoms with van der Waals surface area (Å²) in [5, 5.41) is 0. The fourth-order valence-electron chi connectivity index (χ4n) is 4.30. The van der Waals surface area contributed by atoms with E-state index in [0.717, 1.165) is 58.5 Å². The van der Waals surface area contributed by atoms with Crippen LogP contribution in [0.4, 0.5) is 0 Å². The Morgan fingerprint density at radius 2 is 0.596 bits per heavy atom. The summed E-state index contributed by atoms with van der Waals surface area (Å²) in [7, 11) is -9.98. The van der Waals surface area contributed by atoms with E-state index in [1.165, 1.54) is 77.0 Å². The van der Waals surface area contributed by atoms with Crippen molar-refractivity contribution in [2.24, 2.45) is 0 Å². The molecule has 0 aromatic rings. The standard InChI is InChI=1S/3C12H25O4P.Ti/c3*1-3-4-5-6-7-8-10-16-12(13)9-11-17(2,14)15;/h3*3-11H2,1-2H3,(H,14,15);/q;;;+3/p-3. The van der Waals surface area contributed by atoms with E-state index in [1.54, 1.807) is 0 Å². The first kappa shape index (κ1) is 58.4. The molecule has 0 aromatic heterocycles. The number of esters is 3. The molecule has 0 rings (SSSR count). The Kier molecular flexibility index (Phi) is 43.7. The van der Waals surface area contributed by atoms with E-state index >= 15 is 0 Å². The van der Waals surface area contributed by atoms with Gasteiger partial charge in [-0.1, -0.05) is 117 Å². The predicted octanol–water partition coefficient (Wildman–Crippen LogP) is 7.64. The molecule has 0 spiro atoms. The summed E-state index contributed by atoms with van der Waals surface area (Å²) in [6, 6.07) is 0.